The molecule has 1 aromatic rings. The Morgan fingerprint density at radius 1 is 1.35 bits per heavy atom. The predicted octanol–water partition coefficient (Wildman–Crippen LogP) is 1.91. The second kappa shape index (κ2) is 6.23. The molecule has 0 bridgehead atoms. The van der Waals surface area contributed by atoms with E-state index < -0.39 is 10.0 Å². The molecule has 0 unspecified atom stereocenters. The molecule has 0 saturated heterocycles. The summed E-state index contributed by atoms with van der Waals surface area (Å²) in [6, 6.07) is 6.96. The van der Waals surface area contributed by atoms with Gasteiger partial charge in [0.15, 0.2) is 0 Å². The van der Waals surface area contributed by atoms with E-state index in [0.29, 0.717) is 0 Å². The number of alkyl halides is 1. The van der Waals surface area contributed by atoms with Gasteiger partial charge < -0.3 is 4.74 Å². The Morgan fingerprint density at radius 2 is 1.94 bits per heavy atom. The predicted molar refractivity (Wildman–Crippen MR) is 69.1 cm³/mol. The molecular formula is C11H16ClNO3S. The smallest absolute Gasteiger partial charge is 0.213 e. The zero-order valence-electron chi connectivity index (χ0n) is 9.81. The summed E-state index contributed by atoms with van der Waals surface area (Å²) in [5, 5.41) is 0. The van der Waals surface area contributed by atoms with E-state index in [1.54, 1.807) is 26.2 Å². The summed E-state index contributed by atoms with van der Waals surface area (Å²) in [6.45, 7) is 1.79. The lowest BCUT2D eigenvalue weighted by Crippen LogP contribution is -2.29. The SMILES string of the molecule is COc1ccc([C@@H](C)NS(=O)(=O)CCCl)cc1. The number of ether oxygens (including phenoxy) is 1. The van der Waals surface area contributed by atoms with Gasteiger partial charge >= 0.3 is 0 Å². The third-order valence-electron chi connectivity index (χ3n) is 2.32. The van der Waals surface area contributed by atoms with E-state index in [2.05, 4.69) is 4.72 Å². The van der Waals surface area contributed by atoms with Crippen molar-refractivity contribution in [1.29, 1.82) is 0 Å². The first-order chi connectivity index (χ1) is 7.98. The van der Waals surface area contributed by atoms with Gasteiger partial charge in [-0.25, -0.2) is 13.1 Å². The highest BCUT2D eigenvalue weighted by Gasteiger charge is 2.14. The molecule has 0 fully saturated rings. The van der Waals surface area contributed by atoms with Crippen LogP contribution in [0.25, 0.3) is 0 Å². The summed E-state index contributed by atoms with van der Waals surface area (Å²) in [4.78, 5) is 0. The number of hydrogen-bond acceptors (Lipinski definition) is 3. The monoisotopic (exact) mass is 277 g/mol. The van der Waals surface area contributed by atoms with E-state index in [0.717, 1.165) is 11.3 Å². The van der Waals surface area contributed by atoms with Gasteiger partial charge in [0.25, 0.3) is 0 Å². The Morgan fingerprint density at radius 3 is 2.41 bits per heavy atom. The van der Waals surface area contributed by atoms with Crippen molar-refractivity contribution in [2.75, 3.05) is 18.7 Å². The molecule has 0 radical (unpaired) electrons. The molecular weight excluding hydrogens is 262 g/mol. The van der Waals surface area contributed by atoms with Crippen molar-refractivity contribution < 1.29 is 13.2 Å². The molecule has 96 valence electrons. The van der Waals surface area contributed by atoms with Crippen LogP contribution in [0.1, 0.15) is 18.5 Å². The highest BCUT2D eigenvalue weighted by Crippen LogP contribution is 2.17. The lowest BCUT2D eigenvalue weighted by atomic mass is 10.1. The lowest BCUT2D eigenvalue weighted by Gasteiger charge is -2.14. The number of hydrogen-bond donors (Lipinski definition) is 1. The number of nitrogens with one attached hydrogen (secondary N) is 1. The van der Waals surface area contributed by atoms with Crippen molar-refractivity contribution in [3.63, 3.8) is 0 Å². The van der Waals surface area contributed by atoms with Gasteiger partial charge in [-0.1, -0.05) is 12.1 Å². The van der Waals surface area contributed by atoms with Crippen LogP contribution < -0.4 is 9.46 Å². The van der Waals surface area contributed by atoms with Gasteiger partial charge in [-0.2, -0.15) is 0 Å². The minimum Gasteiger partial charge on any atom is -0.497 e. The molecule has 17 heavy (non-hydrogen) atoms. The van der Waals surface area contributed by atoms with Crippen LogP contribution in [0.2, 0.25) is 0 Å². The molecule has 0 aliphatic heterocycles. The first kappa shape index (κ1) is 14.3. The van der Waals surface area contributed by atoms with Crippen LogP contribution in [-0.2, 0) is 10.0 Å². The summed E-state index contributed by atoms with van der Waals surface area (Å²) in [6.07, 6.45) is 0. The summed E-state index contributed by atoms with van der Waals surface area (Å²) in [5.41, 5.74) is 0.879. The van der Waals surface area contributed by atoms with Crippen molar-refractivity contribution in [1.82, 2.24) is 4.72 Å². The van der Waals surface area contributed by atoms with Crippen molar-refractivity contribution in [2.24, 2.45) is 0 Å². The molecule has 0 spiro atoms. The summed E-state index contributed by atoms with van der Waals surface area (Å²) >= 11 is 5.42. The Balaban J connectivity index is 2.72. The maximum Gasteiger partial charge on any atom is 0.213 e. The minimum atomic E-state index is -3.31. The van der Waals surface area contributed by atoms with Gasteiger partial charge in [-0.3, -0.25) is 0 Å². The highest BCUT2D eigenvalue weighted by atomic mass is 35.5. The van der Waals surface area contributed by atoms with E-state index in [9.17, 15) is 8.42 Å². The maximum atomic E-state index is 11.5. The summed E-state index contributed by atoms with van der Waals surface area (Å²) in [7, 11) is -1.72. The third-order valence-corrected chi connectivity index (χ3v) is 4.19. The zero-order valence-corrected chi connectivity index (χ0v) is 11.4. The van der Waals surface area contributed by atoms with Crippen molar-refractivity contribution in [3.05, 3.63) is 29.8 Å². The fourth-order valence-corrected chi connectivity index (χ4v) is 3.00. The van der Waals surface area contributed by atoms with Crippen molar-refractivity contribution in [3.8, 4) is 5.75 Å². The van der Waals surface area contributed by atoms with Crippen LogP contribution >= 0.6 is 11.6 Å². The molecule has 0 amide bonds. The average Bonchev–Trinajstić information content (AvgIpc) is 2.28. The van der Waals surface area contributed by atoms with Crippen LogP contribution in [0.4, 0.5) is 0 Å². The first-order valence-electron chi connectivity index (χ1n) is 5.18. The van der Waals surface area contributed by atoms with Crippen molar-refractivity contribution in [2.45, 2.75) is 13.0 Å². The van der Waals surface area contributed by atoms with Gasteiger partial charge in [0, 0.05) is 11.9 Å². The van der Waals surface area contributed by atoms with E-state index in [4.69, 9.17) is 16.3 Å². The molecule has 0 aliphatic carbocycles. The van der Waals surface area contributed by atoms with Crippen LogP contribution in [-0.4, -0.2) is 27.2 Å². The summed E-state index contributed by atoms with van der Waals surface area (Å²) < 4.78 is 30.6. The molecule has 0 heterocycles. The second-order valence-corrected chi connectivity index (χ2v) is 5.87. The molecule has 1 atom stereocenters. The molecule has 6 heteroatoms. The van der Waals surface area contributed by atoms with Gasteiger partial charge in [-0.15, -0.1) is 11.6 Å². The van der Waals surface area contributed by atoms with Crippen LogP contribution in [0.5, 0.6) is 5.75 Å². The fraction of sp³-hybridized carbons (Fsp3) is 0.455. The quantitative estimate of drug-likeness (QED) is 0.808. The molecule has 1 rings (SSSR count). The number of rotatable bonds is 6. The molecule has 0 aliphatic rings. The molecule has 4 nitrogen and oxygen atoms in total. The van der Waals surface area contributed by atoms with E-state index in [1.165, 1.54) is 0 Å². The average molecular weight is 278 g/mol. The number of sulfonamides is 1. The molecule has 1 N–H and O–H groups in total. The zero-order chi connectivity index (χ0) is 12.9. The Hall–Kier alpha value is -0.780. The highest BCUT2D eigenvalue weighted by molar-refractivity contribution is 7.89. The normalized spacial score (nSPS) is 13.4. The van der Waals surface area contributed by atoms with Gasteiger partial charge in [-0.05, 0) is 24.6 Å². The largest absolute Gasteiger partial charge is 0.497 e. The van der Waals surface area contributed by atoms with Crippen LogP contribution in [0.3, 0.4) is 0 Å². The van der Waals surface area contributed by atoms with Gasteiger partial charge in [0.1, 0.15) is 5.75 Å². The number of methoxy groups -OCH3 is 1. The van der Waals surface area contributed by atoms with Crippen molar-refractivity contribution >= 4 is 21.6 Å². The van der Waals surface area contributed by atoms with Gasteiger partial charge in [0.05, 0.1) is 12.9 Å². The second-order valence-electron chi connectivity index (χ2n) is 3.62. The van der Waals surface area contributed by atoms with E-state index in [-0.39, 0.29) is 17.7 Å². The van der Waals surface area contributed by atoms with E-state index >= 15 is 0 Å². The maximum absolute atomic E-state index is 11.5. The molecule has 1 aromatic carbocycles. The summed E-state index contributed by atoms with van der Waals surface area (Å²) in [5.74, 6) is 0.754. The number of benzene rings is 1. The first-order valence-corrected chi connectivity index (χ1v) is 7.37. The Labute approximate surface area is 107 Å². The fourth-order valence-electron chi connectivity index (χ4n) is 1.39. The standard InChI is InChI=1S/C11H16ClNO3S/c1-9(13-17(14,15)8-7-12)10-3-5-11(16-2)6-4-10/h3-6,9,13H,7-8H2,1-2H3/t9-/m1/s1. The number of halogens is 1. The van der Waals surface area contributed by atoms with Gasteiger partial charge in [0.2, 0.25) is 10.0 Å². The molecule has 0 aromatic heterocycles. The van der Waals surface area contributed by atoms with Crippen LogP contribution in [0, 0.1) is 0 Å². The molecule has 0 saturated carbocycles. The van der Waals surface area contributed by atoms with Crippen LogP contribution in [0.15, 0.2) is 24.3 Å². The lowest BCUT2D eigenvalue weighted by molar-refractivity contribution is 0.414. The minimum absolute atomic E-state index is 0.0744. The Bertz CT molecular complexity index is 444. The topological polar surface area (TPSA) is 55.4 Å². The van der Waals surface area contributed by atoms with E-state index in [1.807, 2.05) is 12.1 Å². The Kier molecular flexibility index (Phi) is 5.24. The third kappa shape index (κ3) is 4.53.